The fourth-order valence-electron chi connectivity index (χ4n) is 3.69. The van der Waals surface area contributed by atoms with Crippen molar-refractivity contribution >= 4 is 40.3 Å². The maximum Gasteiger partial charge on any atom is 0.292 e. The van der Waals surface area contributed by atoms with Crippen LogP contribution in [0.1, 0.15) is 26.2 Å². The molecule has 0 unspecified atom stereocenters. The summed E-state index contributed by atoms with van der Waals surface area (Å²) < 4.78 is 5.38. The molecule has 10 heteroatoms. The number of nitrogens with one attached hydrogen (secondary N) is 1. The normalized spacial score (nSPS) is 17.0. The zero-order valence-electron chi connectivity index (χ0n) is 17.3. The molecule has 1 aromatic rings. The Balaban J connectivity index is 1.63. The van der Waals surface area contributed by atoms with Crippen molar-refractivity contribution < 1.29 is 14.5 Å². The van der Waals surface area contributed by atoms with Crippen LogP contribution in [0.5, 0.6) is 0 Å². The highest BCUT2D eigenvalue weighted by Gasteiger charge is 2.25. The van der Waals surface area contributed by atoms with Crippen LogP contribution >= 0.6 is 12.2 Å². The third kappa shape index (κ3) is 5.57. The molecule has 1 N–H and O–H groups in total. The molecule has 0 bridgehead atoms. The lowest BCUT2D eigenvalue weighted by Crippen LogP contribution is -2.52. The second-order valence-corrected chi connectivity index (χ2v) is 7.85. The summed E-state index contributed by atoms with van der Waals surface area (Å²) in [5.41, 5.74) is 1.72. The van der Waals surface area contributed by atoms with Gasteiger partial charge in [0.05, 0.1) is 18.1 Å². The Kier molecular flexibility index (Phi) is 7.81. The van der Waals surface area contributed by atoms with Crippen molar-refractivity contribution in [2.24, 2.45) is 0 Å². The van der Waals surface area contributed by atoms with E-state index in [2.05, 4.69) is 10.2 Å². The number of ether oxygens (including phenoxy) is 1. The van der Waals surface area contributed by atoms with Crippen LogP contribution in [-0.4, -0.2) is 73.3 Å². The first-order valence-electron chi connectivity index (χ1n) is 10.4. The summed E-state index contributed by atoms with van der Waals surface area (Å²) in [6.07, 6.45) is 2.32. The molecule has 0 atom stereocenters. The number of morpholine rings is 1. The number of amides is 1. The van der Waals surface area contributed by atoms with Crippen molar-refractivity contribution in [2.45, 2.75) is 26.2 Å². The summed E-state index contributed by atoms with van der Waals surface area (Å²) in [6, 6.07) is 5.30. The number of hydrogen-bond acceptors (Lipinski definition) is 7. The van der Waals surface area contributed by atoms with E-state index in [0.717, 1.165) is 31.6 Å². The van der Waals surface area contributed by atoms with E-state index in [9.17, 15) is 14.9 Å². The van der Waals surface area contributed by atoms with E-state index in [0.29, 0.717) is 56.6 Å². The molecule has 0 aliphatic carbocycles. The molecule has 30 heavy (non-hydrogen) atoms. The monoisotopic (exact) mass is 435 g/mol. The van der Waals surface area contributed by atoms with Crippen molar-refractivity contribution in [3.8, 4) is 0 Å². The minimum atomic E-state index is -0.327. The summed E-state index contributed by atoms with van der Waals surface area (Å²) in [5.74, 6) is -0.0326. The summed E-state index contributed by atoms with van der Waals surface area (Å²) in [5, 5.41) is 14.8. The first kappa shape index (κ1) is 22.2. The minimum Gasteiger partial charge on any atom is -0.378 e. The summed E-state index contributed by atoms with van der Waals surface area (Å²) in [7, 11) is 0. The Morgan fingerprint density at radius 1 is 1.17 bits per heavy atom. The molecule has 2 heterocycles. The molecule has 2 aliphatic rings. The maximum absolute atomic E-state index is 11.9. The van der Waals surface area contributed by atoms with Gasteiger partial charge in [-0.15, -0.1) is 0 Å². The highest BCUT2D eigenvalue weighted by atomic mass is 32.1. The number of piperazine rings is 1. The van der Waals surface area contributed by atoms with Gasteiger partial charge < -0.3 is 24.8 Å². The molecule has 0 saturated carbocycles. The fourth-order valence-corrected chi connectivity index (χ4v) is 3.98. The molecule has 164 valence electrons. The number of hydrogen-bond donors (Lipinski definition) is 1. The van der Waals surface area contributed by atoms with Crippen molar-refractivity contribution in [3.63, 3.8) is 0 Å². The van der Waals surface area contributed by atoms with Gasteiger partial charge in [-0.05, 0) is 30.8 Å². The predicted octanol–water partition coefficient (Wildman–Crippen LogP) is 2.14. The number of carbonyl (C=O) groups excluding carboxylic acids is 1. The number of nitro benzene ring substituents is 1. The Morgan fingerprint density at radius 3 is 2.50 bits per heavy atom. The van der Waals surface area contributed by atoms with Gasteiger partial charge in [0, 0.05) is 57.4 Å². The molecule has 2 fully saturated rings. The van der Waals surface area contributed by atoms with Crippen LogP contribution in [0.4, 0.5) is 17.1 Å². The van der Waals surface area contributed by atoms with Gasteiger partial charge in [0.2, 0.25) is 5.91 Å². The third-order valence-electron chi connectivity index (χ3n) is 5.44. The average molecular weight is 436 g/mol. The molecule has 0 spiro atoms. The van der Waals surface area contributed by atoms with E-state index < -0.39 is 0 Å². The topological polar surface area (TPSA) is 91.2 Å². The molecule has 9 nitrogen and oxygen atoms in total. The Hall–Kier alpha value is -2.46. The number of carbonyl (C=O) groups is 1. The van der Waals surface area contributed by atoms with E-state index in [1.807, 2.05) is 28.9 Å². The highest BCUT2D eigenvalue weighted by Crippen LogP contribution is 2.33. The van der Waals surface area contributed by atoms with Gasteiger partial charge in [0.1, 0.15) is 5.69 Å². The molecule has 0 aromatic heterocycles. The Bertz CT molecular complexity index is 776. The zero-order chi connectivity index (χ0) is 21.5. The molecule has 3 rings (SSSR count). The minimum absolute atomic E-state index is 0.0326. The van der Waals surface area contributed by atoms with Gasteiger partial charge >= 0.3 is 0 Å². The van der Waals surface area contributed by atoms with Gasteiger partial charge in [-0.1, -0.05) is 13.3 Å². The van der Waals surface area contributed by atoms with Crippen LogP contribution in [0.15, 0.2) is 18.2 Å². The Labute approximate surface area is 182 Å². The van der Waals surface area contributed by atoms with Crippen LogP contribution < -0.4 is 15.1 Å². The number of unbranched alkanes of at least 4 members (excludes halogenated alkanes) is 1. The molecule has 0 radical (unpaired) electrons. The number of nitrogens with zero attached hydrogens (tertiary/aromatic N) is 4. The SMILES string of the molecule is CCCCC(=O)NC(=S)N1CCN(c2ccc([N+](=O)[O-])c(N3CCOCC3)c2)CC1. The Morgan fingerprint density at radius 2 is 1.87 bits per heavy atom. The van der Waals surface area contributed by atoms with Crippen LogP contribution in [0.3, 0.4) is 0 Å². The summed E-state index contributed by atoms with van der Waals surface area (Å²) >= 11 is 5.39. The molecular weight excluding hydrogens is 406 g/mol. The van der Waals surface area contributed by atoms with Gasteiger partial charge in [-0.25, -0.2) is 0 Å². The fraction of sp³-hybridized carbons (Fsp3) is 0.600. The number of benzene rings is 1. The maximum atomic E-state index is 11.9. The smallest absolute Gasteiger partial charge is 0.292 e. The largest absolute Gasteiger partial charge is 0.378 e. The lowest BCUT2D eigenvalue weighted by atomic mass is 10.1. The van der Waals surface area contributed by atoms with Crippen LogP contribution in [0, 0.1) is 10.1 Å². The zero-order valence-corrected chi connectivity index (χ0v) is 18.2. The van der Waals surface area contributed by atoms with Crippen molar-refractivity contribution in [1.82, 2.24) is 10.2 Å². The molecule has 2 saturated heterocycles. The van der Waals surface area contributed by atoms with E-state index in [4.69, 9.17) is 17.0 Å². The molecule has 1 aromatic carbocycles. The van der Waals surface area contributed by atoms with Crippen molar-refractivity contribution in [3.05, 3.63) is 28.3 Å². The number of nitro groups is 1. The summed E-state index contributed by atoms with van der Waals surface area (Å²) in [4.78, 5) is 29.3. The summed E-state index contributed by atoms with van der Waals surface area (Å²) in [6.45, 7) is 7.31. The molecule has 1 amide bonds. The quantitative estimate of drug-likeness (QED) is 0.413. The van der Waals surface area contributed by atoms with E-state index in [-0.39, 0.29) is 16.5 Å². The van der Waals surface area contributed by atoms with Gasteiger partial charge in [-0.3, -0.25) is 14.9 Å². The van der Waals surface area contributed by atoms with E-state index in [1.165, 1.54) is 0 Å². The number of rotatable bonds is 6. The van der Waals surface area contributed by atoms with Crippen LogP contribution in [0.2, 0.25) is 0 Å². The van der Waals surface area contributed by atoms with Gasteiger partial charge in [0.25, 0.3) is 5.69 Å². The van der Waals surface area contributed by atoms with Crippen LogP contribution in [0.25, 0.3) is 0 Å². The van der Waals surface area contributed by atoms with Gasteiger partial charge in [0.15, 0.2) is 5.11 Å². The van der Waals surface area contributed by atoms with Crippen molar-refractivity contribution in [1.29, 1.82) is 0 Å². The van der Waals surface area contributed by atoms with Gasteiger partial charge in [-0.2, -0.15) is 0 Å². The van der Waals surface area contributed by atoms with E-state index >= 15 is 0 Å². The standard InChI is InChI=1S/C20H29N5O4S/c1-2-3-4-19(26)21-20(30)24-9-7-22(8-10-24)16-5-6-17(25(27)28)18(15-16)23-11-13-29-14-12-23/h5-6,15H,2-4,7-14H2,1H3,(H,21,26,30). The predicted molar refractivity (Wildman–Crippen MR) is 120 cm³/mol. The highest BCUT2D eigenvalue weighted by molar-refractivity contribution is 7.80. The number of thiocarbonyl (C=S) groups is 1. The average Bonchev–Trinajstić information content (AvgIpc) is 2.78. The second-order valence-electron chi connectivity index (χ2n) is 7.46. The van der Waals surface area contributed by atoms with Crippen LogP contribution in [-0.2, 0) is 9.53 Å². The molecule has 2 aliphatic heterocycles. The number of anilines is 2. The lowest BCUT2D eigenvalue weighted by molar-refractivity contribution is -0.384. The van der Waals surface area contributed by atoms with E-state index in [1.54, 1.807) is 6.07 Å². The second kappa shape index (κ2) is 10.5. The first-order valence-corrected chi connectivity index (χ1v) is 10.8. The molecular formula is C20H29N5O4S. The lowest BCUT2D eigenvalue weighted by Gasteiger charge is -2.37. The third-order valence-corrected chi connectivity index (χ3v) is 5.80. The first-order chi connectivity index (χ1) is 14.5. The van der Waals surface area contributed by atoms with Crippen molar-refractivity contribution in [2.75, 3.05) is 62.3 Å².